The number of ether oxygens (including phenoxy) is 1. The van der Waals surface area contributed by atoms with Gasteiger partial charge in [-0.3, -0.25) is 4.79 Å². The highest BCUT2D eigenvalue weighted by molar-refractivity contribution is 6.32. The summed E-state index contributed by atoms with van der Waals surface area (Å²) in [5.74, 6) is 0.535. The lowest BCUT2D eigenvalue weighted by molar-refractivity contribution is 0.101. The molecule has 0 fully saturated rings. The first-order valence-corrected chi connectivity index (χ1v) is 6.49. The maximum absolute atomic E-state index is 11.2. The van der Waals surface area contributed by atoms with Gasteiger partial charge in [-0.05, 0) is 42.8 Å². The van der Waals surface area contributed by atoms with Crippen molar-refractivity contribution in [1.29, 1.82) is 0 Å². The number of rotatable bonds is 4. The number of halogens is 2. The van der Waals surface area contributed by atoms with Crippen LogP contribution in [0.3, 0.4) is 0 Å². The van der Waals surface area contributed by atoms with E-state index in [0.717, 1.165) is 5.56 Å². The Balaban J connectivity index is 2.07. The van der Waals surface area contributed by atoms with Crippen LogP contribution in [0.4, 0.5) is 0 Å². The van der Waals surface area contributed by atoms with E-state index in [4.69, 9.17) is 27.9 Å². The van der Waals surface area contributed by atoms with Gasteiger partial charge in [0, 0.05) is 10.6 Å². The van der Waals surface area contributed by atoms with E-state index in [9.17, 15) is 4.79 Å². The summed E-state index contributed by atoms with van der Waals surface area (Å²) in [6.45, 7) is 1.90. The zero-order valence-electron chi connectivity index (χ0n) is 10.3. The van der Waals surface area contributed by atoms with Gasteiger partial charge in [-0.25, -0.2) is 0 Å². The molecule has 0 saturated carbocycles. The molecule has 0 heterocycles. The van der Waals surface area contributed by atoms with Gasteiger partial charge in [0.1, 0.15) is 12.4 Å². The normalized spacial score (nSPS) is 10.3. The fourth-order valence-corrected chi connectivity index (χ4v) is 1.94. The summed E-state index contributed by atoms with van der Waals surface area (Å²) >= 11 is 11.9. The van der Waals surface area contributed by atoms with Gasteiger partial charge in [0.25, 0.3) is 0 Å². The van der Waals surface area contributed by atoms with Gasteiger partial charge < -0.3 is 4.74 Å². The first-order chi connectivity index (χ1) is 9.06. The van der Waals surface area contributed by atoms with Gasteiger partial charge in [0.05, 0.1) is 5.02 Å². The van der Waals surface area contributed by atoms with E-state index < -0.39 is 0 Å². The van der Waals surface area contributed by atoms with Crippen LogP contribution in [0.25, 0.3) is 0 Å². The number of carbonyl (C=O) groups excluding carboxylic acids is 1. The topological polar surface area (TPSA) is 26.3 Å². The molecule has 0 aliphatic carbocycles. The second-order valence-corrected chi connectivity index (χ2v) is 4.96. The molecule has 0 spiro atoms. The first-order valence-electron chi connectivity index (χ1n) is 5.74. The minimum absolute atomic E-state index is 0.0221. The van der Waals surface area contributed by atoms with Crippen molar-refractivity contribution in [2.24, 2.45) is 0 Å². The van der Waals surface area contributed by atoms with Crippen molar-refractivity contribution in [2.45, 2.75) is 13.5 Å². The molecule has 2 aromatic rings. The Morgan fingerprint density at radius 3 is 2.37 bits per heavy atom. The van der Waals surface area contributed by atoms with Crippen LogP contribution < -0.4 is 4.74 Å². The van der Waals surface area contributed by atoms with Crippen molar-refractivity contribution in [3.05, 3.63) is 63.6 Å². The molecule has 0 N–H and O–H groups in total. The molecule has 2 rings (SSSR count). The van der Waals surface area contributed by atoms with E-state index in [0.29, 0.717) is 28.0 Å². The lowest BCUT2D eigenvalue weighted by atomic mass is 10.1. The van der Waals surface area contributed by atoms with Crippen molar-refractivity contribution >= 4 is 29.0 Å². The maximum Gasteiger partial charge on any atom is 0.159 e. The summed E-state index contributed by atoms with van der Waals surface area (Å²) in [7, 11) is 0. The third-order valence-corrected chi connectivity index (χ3v) is 3.19. The molecular formula is C15H12Cl2O2. The van der Waals surface area contributed by atoms with Crippen LogP contribution in [-0.2, 0) is 6.61 Å². The summed E-state index contributed by atoms with van der Waals surface area (Å²) in [5, 5.41) is 1.12. The van der Waals surface area contributed by atoms with E-state index >= 15 is 0 Å². The number of carbonyl (C=O) groups is 1. The highest BCUT2D eigenvalue weighted by Gasteiger charge is 2.06. The number of benzene rings is 2. The van der Waals surface area contributed by atoms with Crippen LogP contribution in [-0.4, -0.2) is 5.78 Å². The Bertz CT molecular complexity index is 592. The monoisotopic (exact) mass is 294 g/mol. The van der Waals surface area contributed by atoms with E-state index in [2.05, 4.69) is 0 Å². The summed E-state index contributed by atoms with van der Waals surface area (Å²) < 4.78 is 5.61. The standard InChI is InChI=1S/C15H12Cl2O2/c1-10(18)12-4-7-15(14(17)8-12)19-9-11-2-5-13(16)6-3-11/h2-8H,9H2,1H3. The number of hydrogen-bond donors (Lipinski definition) is 0. The third-order valence-electron chi connectivity index (χ3n) is 2.65. The Hall–Kier alpha value is -1.51. The summed E-state index contributed by atoms with van der Waals surface area (Å²) in [4.78, 5) is 11.2. The van der Waals surface area contributed by atoms with Gasteiger partial charge in [0.2, 0.25) is 0 Å². The molecule has 4 heteroatoms. The second-order valence-electron chi connectivity index (χ2n) is 4.12. The quantitative estimate of drug-likeness (QED) is 0.759. The Labute approximate surface area is 121 Å². The average Bonchev–Trinajstić information content (AvgIpc) is 2.39. The highest BCUT2D eigenvalue weighted by Crippen LogP contribution is 2.26. The molecule has 0 radical (unpaired) electrons. The van der Waals surface area contributed by atoms with Gasteiger partial charge in [-0.2, -0.15) is 0 Å². The summed E-state index contributed by atoms with van der Waals surface area (Å²) in [6.07, 6.45) is 0. The minimum Gasteiger partial charge on any atom is -0.487 e. The fraction of sp³-hybridized carbons (Fsp3) is 0.133. The van der Waals surface area contributed by atoms with Crippen LogP contribution in [0.5, 0.6) is 5.75 Å². The molecule has 0 bridgehead atoms. The molecule has 0 aliphatic rings. The van der Waals surface area contributed by atoms with Gasteiger partial charge >= 0.3 is 0 Å². The number of ketones is 1. The lowest BCUT2D eigenvalue weighted by Crippen LogP contribution is -1.97. The Morgan fingerprint density at radius 2 is 1.79 bits per heavy atom. The summed E-state index contributed by atoms with van der Waals surface area (Å²) in [5.41, 5.74) is 1.57. The predicted molar refractivity (Wildman–Crippen MR) is 77.2 cm³/mol. The van der Waals surface area contributed by atoms with Crippen molar-refractivity contribution in [3.8, 4) is 5.75 Å². The molecule has 19 heavy (non-hydrogen) atoms. The Kier molecular flexibility index (Phi) is 4.46. The molecule has 0 aromatic heterocycles. The SMILES string of the molecule is CC(=O)c1ccc(OCc2ccc(Cl)cc2)c(Cl)c1. The second kappa shape index (κ2) is 6.09. The molecule has 0 unspecified atom stereocenters. The molecule has 0 saturated heterocycles. The lowest BCUT2D eigenvalue weighted by Gasteiger charge is -2.09. The number of Topliss-reactive ketones (excluding diaryl/α,β-unsaturated/α-hetero) is 1. The minimum atomic E-state index is -0.0221. The fourth-order valence-electron chi connectivity index (χ4n) is 1.58. The van der Waals surface area contributed by atoms with Crippen molar-refractivity contribution in [2.75, 3.05) is 0 Å². The first kappa shape index (κ1) is 13.9. The predicted octanol–water partition coefficient (Wildman–Crippen LogP) is 4.78. The molecule has 2 nitrogen and oxygen atoms in total. The van der Waals surface area contributed by atoms with Crippen molar-refractivity contribution in [1.82, 2.24) is 0 Å². The molecule has 0 atom stereocenters. The molecule has 0 amide bonds. The van der Waals surface area contributed by atoms with E-state index in [1.54, 1.807) is 30.3 Å². The molecule has 2 aromatic carbocycles. The highest BCUT2D eigenvalue weighted by atomic mass is 35.5. The largest absolute Gasteiger partial charge is 0.487 e. The van der Waals surface area contributed by atoms with Gasteiger partial charge in [-0.1, -0.05) is 35.3 Å². The smallest absolute Gasteiger partial charge is 0.159 e. The van der Waals surface area contributed by atoms with Crippen LogP contribution >= 0.6 is 23.2 Å². The van der Waals surface area contributed by atoms with Crippen molar-refractivity contribution < 1.29 is 9.53 Å². The Morgan fingerprint density at radius 1 is 1.11 bits per heavy atom. The summed E-state index contributed by atoms with van der Waals surface area (Å²) in [6, 6.07) is 12.4. The van der Waals surface area contributed by atoms with Gasteiger partial charge in [0.15, 0.2) is 5.78 Å². The van der Waals surface area contributed by atoms with E-state index in [-0.39, 0.29) is 5.78 Å². The number of hydrogen-bond acceptors (Lipinski definition) is 2. The molecule has 0 aliphatic heterocycles. The van der Waals surface area contributed by atoms with Crippen LogP contribution in [0.15, 0.2) is 42.5 Å². The van der Waals surface area contributed by atoms with Gasteiger partial charge in [-0.15, -0.1) is 0 Å². The van der Waals surface area contributed by atoms with Crippen LogP contribution in [0.2, 0.25) is 10.0 Å². The van der Waals surface area contributed by atoms with E-state index in [1.807, 2.05) is 12.1 Å². The zero-order chi connectivity index (χ0) is 13.8. The van der Waals surface area contributed by atoms with Crippen LogP contribution in [0, 0.1) is 0 Å². The molecular weight excluding hydrogens is 283 g/mol. The third kappa shape index (κ3) is 3.72. The van der Waals surface area contributed by atoms with Crippen molar-refractivity contribution in [3.63, 3.8) is 0 Å². The van der Waals surface area contributed by atoms with E-state index in [1.165, 1.54) is 6.92 Å². The zero-order valence-corrected chi connectivity index (χ0v) is 11.8. The average molecular weight is 295 g/mol. The maximum atomic E-state index is 11.2. The molecule has 98 valence electrons. The van der Waals surface area contributed by atoms with Crippen LogP contribution in [0.1, 0.15) is 22.8 Å².